The third-order valence-corrected chi connectivity index (χ3v) is 6.33. The first-order valence-electron chi connectivity index (χ1n) is 11.4. The average molecular weight is 467 g/mol. The zero-order chi connectivity index (χ0) is 24.1. The molecule has 2 fully saturated rings. The maximum atomic E-state index is 12.9. The fraction of sp³-hybridized carbons (Fsp3) is 0.400. The van der Waals surface area contributed by atoms with Crippen LogP contribution in [0.15, 0.2) is 48.5 Å². The molecule has 1 atom stereocenters. The van der Waals surface area contributed by atoms with Crippen LogP contribution in [0.3, 0.4) is 0 Å². The fourth-order valence-electron chi connectivity index (χ4n) is 4.39. The summed E-state index contributed by atoms with van der Waals surface area (Å²) >= 11 is 0. The number of ether oxygens (including phenoxy) is 2. The van der Waals surface area contributed by atoms with Crippen molar-refractivity contribution in [1.82, 2.24) is 10.2 Å². The van der Waals surface area contributed by atoms with E-state index in [1.165, 1.54) is 0 Å². The minimum Gasteiger partial charge on any atom is -0.497 e. The molecule has 0 spiro atoms. The number of amides is 4. The summed E-state index contributed by atoms with van der Waals surface area (Å²) in [4.78, 5) is 41.5. The Morgan fingerprint density at radius 3 is 2.41 bits per heavy atom. The molecule has 2 heterocycles. The molecule has 4 amide bonds. The second-order valence-corrected chi connectivity index (χ2v) is 8.51. The number of methoxy groups -OCH3 is 2. The minimum atomic E-state index is -0.442. The monoisotopic (exact) mass is 466 g/mol. The van der Waals surface area contributed by atoms with Gasteiger partial charge in [-0.2, -0.15) is 0 Å². The molecule has 2 aromatic carbocycles. The van der Waals surface area contributed by atoms with E-state index >= 15 is 0 Å². The van der Waals surface area contributed by atoms with E-state index < -0.39 is 5.92 Å². The number of likely N-dealkylation sites (tertiary alicyclic amines) is 1. The molecule has 2 aliphatic rings. The van der Waals surface area contributed by atoms with Crippen LogP contribution in [0.5, 0.6) is 11.5 Å². The summed E-state index contributed by atoms with van der Waals surface area (Å²) in [6.45, 7) is 1.40. The van der Waals surface area contributed by atoms with E-state index in [1.807, 2.05) is 30.3 Å². The number of anilines is 2. The Balaban J connectivity index is 1.30. The predicted molar refractivity (Wildman–Crippen MR) is 128 cm³/mol. The number of para-hydroxylation sites is 1. The minimum absolute atomic E-state index is 0.0243. The van der Waals surface area contributed by atoms with Crippen molar-refractivity contribution in [2.75, 3.05) is 44.1 Å². The summed E-state index contributed by atoms with van der Waals surface area (Å²) in [6, 6.07) is 14.4. The summed E-state index contributed by atoms with van der Waals surface area (Å²) in [6.07, 6.45) is 1.48. The van der Waals surface area contributed by atoms with E-state index in [1.54, 1.807) is 42.2 Å². The average Bonchev–Trinajstić information content (AvgIpc) is 3.26. The largest absolute Gasteiger partial charge is 0.497 e. The number of carbonyl (C=O) groups is 3. The van der Waals surface area contributed by atoms with Crippen LogP contribution >= 0.6 is 0 Å². The van der Waals surface area contributed by atoms with Gasteiger partial charge in [0.05, 0.1) is 25.8 Å². The van der Waals surface area contributed by atoms with Gasteiger partial charge in [-0.25, -0.2) is 4.79 Å². The van der Waals surface area contributed by atoms with Crippen molar-refractivity contribution in [3.05, 3.63) is 48.5 Å². The van der Waals surface area contributed by atoms with Crippen LogP contribution in [-0.2, 0) is 9.59 Å². The topological polar surface area (TPSA) is 100 Å². The quantitative estimate of drug-likeness (QED) is 0.682. The second kappa shape index (κ2) is 10.5. The Kier molecular flexibility index (Phi) is 7.20. The zero-order valence-electron chi connectivity index (χ0n) is 19.5. The molecule has 34 heavy (non-hydrogen) atoms. The van der Waals surface area contributed by atoms with Gasteiger partial charge >= 0.3 is 6.03 Å². The first-order valence-corrected chi connectivity index (χ1v) is 11.4. The predicted octanol–water partition coefficient (Wildman–Crippen LogP) is 2.87. The molecule has 2 N–H and O–H groups in total. The lowest BCUT2D eigenvalue weighted by Crippen LogP contribution is -2.49. The van der Waals surface area contributed by atoms with E-state index in [0.717, 1.165) is 5.69 Å². The van der Waals surface area contributed by atoms with Gasteiger partial charge in [0, 0.05) is 43.9 Å². The SMILES string of the molecule is COc1ccc(OC)c(N2CC(C(=O)NC3CCN(C(=O)Nc4ccccc4)CC3)CC2=O)c1. The second-order valence-electron chi connectivity index (χ2n) is 8.51. The number of nitrogens with one attached hydrogen (secondary N) is 2. The van der Waals surface area contributed by atoms with Gasteiger partial charge < -0.3 is 29.9 Å². The van der Waals surface area contributed by atoms with Crippen LogP contribution in [0, 0.1) is 5.92 Å². The lowest BCUT2D eigenvalue weighted by molar-refractivity contribution is -0.127. The van der Waals surface area contributed by atoms with Gasteiger partial charge in [-0.05, 0) is 37.1 Å². The Morgan fingerprint density at radius 1 is 1.00 bits per heavy atom. The van der Waals surface area contributed by atoms with Crippen LogP contribution in [0.2, 0.25) is 0 Å². The summed E-state index contributed by atoms with van der Waals surface area (Å²) in [5.74, 6) is 0.461. The van der Waals surface area contributed by atoms with Gasteiger partial charge in [0.15, 0.2) is 0 Å². The molecule has 2 aromatic rings. The van der Waals surface area contributed by atoms with Crippen LogP contribution in [0.25, 0.3) is 0 Å². The lowest BCUT2D eigenvalue weighted by Gasteiger charge is -2.32. The third-order valence-electron chi connectivity index (χ3n) is 6.33. The van der Waals surface area contributed by atoms with Gasteiger partial charge in [-0.1, -0.05) is 18.2 Å². The molecule has 2 saturated heterocycles. The molecule has 0 saturated carbocycles. The molecular weight excluding hydrogens is 436 g/mol. The van der Waals surface area contributed by atoms with Crippen LogP contribution in [0.4, 0.5) is 16.2 Å². The van der Waals surface area contributed by atoms with E-state index in [2.05, 4.69) is 10.6 Å². The van der Waals surface area contributed by atoms with Crippen LogP contribution in [-0.4, -0.2) is 62.6 Å². The van der Waals surface area contributed by atoms with Crippen molar-refractivity contribution in [1.29, 1.82) is 0 Å². The van der Waals surface area contributed by atoms with Gasteiger partial charge in [0.25, 0.3) is 0 Å². The molecule has 0 aromatic heterocycles. The molecule has 0 radical (unpaired) electrons. The molecule has 0 bridgehead atoms. The van der Waals surface area contributed by atoms with Crippen molar-refractivity contribution < 1.29 is 23.9 Å². The van der Waals surface area contributed by atoms with Crippen LogP contribution < -0.4 is 25.0 Å². The highest BCUT2D eigenvalue weighted by atomic mass is 16.5. The number of hydrogen-bond donors (Lipinski definition) is 2. The van der Waals surface area contributed by atoms with Crippen molar-refractivity contribution >= 4 is 29.2 Å². The number of urea groups is 1. The molecule has 9 nitrogen and oxygen atoms in total. The zero-order valence-corrected chi connectivity index (χ0v) is 19.5. The van der Waals surface area contributed by atoms with Gasteiger partial charge in [0.2, 0.25) is 11.8 Å². The number of nitrogens with zero attached hydrogens (tertiary/aromatic N) is 2. The van der Waals surface area contributed by atoms with Gasteiger partial charge in [-0.3, -0.25) is 9.59 Å². The summed E-state index contributed by atoms with van der Waals surface area (Å²) < 4.78 is 10.7. The number of hydrogen-bond acceptors (Lipinski definition) is 5. The molecule has 4 rings (SSSR count). The summed E-state index contributed by atoms with van der Waals surface area (Å²) in [5.41, 5.74) is 1.35. The fourth-order valence-corrected chi connectivity index (χ4v) is 4.39. The number of piperidine rings is 1. The van der Waals surface area contributed by atoms with Crippen LogP contribution in [0.1, 0.15) is 19.3 Å². The summed E-state index contributed by atoms with van der Waals surface area (Å²) in [5, 5.41) is 5.97. The van der Waals surface area contributed by atoms with Crippen molar-refractivity contribution in [2.24, 2.45) is 5.92 Å². The van der Waals surface area contributed by atoms with E-state index in [4.69, 9.17) is 9.47 Å². The van der Waals surface area contributed by atoms with Crippen molar-refractivity contribution in [3.63, 3.8) is 0 Å². The maximum Gasteiger partial charge on any atom is 0.321 e. The Bertz CT molecular complexity index is 1040. The van der Waals surface area contributed by atoms with E-state index in [9.17, 15) is 14.4 Å². The Labute approximate surface area is 199 Å². The number of carbonyl (C=O) groups excluding carboxylic acids is 3. The number of rotatable bonds is 6. The first kappa shape index (κ1) is 23.4. The third kappa shape index (κ3) is 5.24. The highest BCUT2D eigenvalue weighted by molar-refractivity contribution is 6.01. The smallest absolute Gasteiger partial charge is 0.321 e. The molecule has 9 heteroatoms. The standard InChI is InChI=1S/C25H30N4O5/c1-33-20-8-9-22(34-2)21(15-20)29-16-17(14-23(29)30)24(31)26-19-10-12-28(13-11-19)25(32)27-18-6-4-3-5-7-18/h3-9,15,17,19H,10-14,16H2,1-2H3,(H,26,31)(H,27,32). The maximum absolute atomic E-state index is 12.9. The molecule has 180 valence electrons. The van der Waals surface area contributed by atoms with E-state index in [-0.39, 0.29) is 36.9 Å². The van der Waals surface area contributed by atoms with Gasteiger partial charge in [0.1, 0.15) is 11.5 Å². The molecule has 1 unspecified atom stereocenters. The number of benzene rings is 2. The first-order chi connectivity index (χ1) is 16.5. The Morgan fingerprint density at radius 2 is 1.74 bits per heavy atom. The molecule has 2 aliphatic heterocycles. The van der Waals surface area contributed by atoms with Crippen molar-refractivity contribution in [3.8, 4) is 11.5 Å². The highest BCUT2D eigenvalue weighted by Gasteiger charge is 2.37. The normalized spacial score (nSPS) is 18.5. The molecule has 0 aliphatic carbocycles. The molecular formula is C25H30N4O5. The van der Waals surface area contributed by atoms with E-state index in [0.29, 0.717) is 43.1 Å². The summed E-state index contributed by atoms with van der Waals surface area (Å²) in [7, 11) is 3.10. The van der Waals surface area contributed by atoms with Gasteiger partial charge in [-0.15, -0.1) is 0 Å². The highest BCUT2D eigenvalue weighted by Crippen LogP contribution is 2.36. The Hall–Kier alpha value is -3.75. The lowest BCUT2D eigenvalue weighted by atomic mass is 10.0. The van der Waals surface area contributed by atoms with Crippen molar-refractivity contribution in [2.45, 2.75) is 25.3 Å².